The monoisotopic (exact) mass is 247 g/mol. The van der Waals surface area contributed by atoms with E-state index >= 15 is 0 Å². The van der Waals surface area contributed by atoms with E-state index in [0.29, 0.717) is 11.1 Å². The Morgan fingerprint density at radius 2 is 2.06 bits per heavy atom. The Bertz CT molecular complexity index is 429. The van der Waals surface area contributed by atoms with E-state index in [4.69, 9.17) is 10.8 Å². The first-order valence-electron chi connectivity index (χ1n) is 4.87. The van der Waals surface area contributed by atoms with Gasteiger partial charge in [-0.3, -0.25) is 4.79 Å². The fourth-order valence-electron chi connectivity index (χ4n) is 1.39. The lowest BCUT2D eigenvalue weighted by atomic mass is 9.99. The van der Waals surface area contributed by atoms with E-state index < -0.39 is 23.8 Å². The van der Waals surface area contributed by atoms with Crippen molar-refractivity contribution in [2.24, 2.45) is 5.73 Å². The maximum Gasteiger partial charge on any atom is 0.416 e. The minimum Gasteiger partial charge on any atom is -0.480 e. The Morgan fingerprint density at radius 3 is 2.53 bits per heavy atom. The first kappa shape index (κ1) is 13.5. The molecule has 0 aliphatic carbocycles. The second-order valence-electron chi connectivity index (χ2n) is 3.79. The van der Waals surface area contributed by atoms with Gasteiger partial charge in [0.25, 0.3) is 0 Å². The van der Waals surface area contributed by atoms with E-state index in [-0.39, 0.29) is 6.42 Å². The van der Waals surface area contributed by atoms with Crippen LogP contribution in [0.4, 0.5) is 13.2 Å². The smallest absolute Gasteiger partial charge is 0.416 e. The SMILES string of the molecule is Cc1ccc(C(F)(F)F)cc1C[C@H](N)C(=O)O. The number of hydrogen-bond acceptors (Lipinski definition) is 2. The molecule has 1 aromatic carbocycles. The summed E-state index contributed by atoms with van der Waals surface area (Å²) >= 11 is 0. The van der Waals surface area contributed by atoms with Crippen molar-refractivity contribution in [2.75, 3.05) is 0 Å². The molecule has 3 N–H and O–H groups in total. The molecule has 0 aliphatic rings. The number of alkyl halides is 3. The summed E-state index contributed by atoms with van der Waals surface area (Å²) < 4.78 is 37.3. The summed E-state index contributed by atoms with van der Waals surface area (Å²) in [7, 11) is 0. The zero-order valence-electron chi connectivity index (χ0n) is 9.08. The average molecular weight is 247 g/mol. The molecule has 94 valence electrons. The van der Waals surface area contributed by atoms with Gasteiger partial charge >= 0.3 is 12.1 Å². The van der Waals surface area contributed by atoms with Gasteiger partial charge in [-0.15, -0.1) is 0 Å². The average Bonchev–Trinajstić information content (AvgIpc) is 2.19. The number of nitrogens with two attached hydrogens (primary N) is 1. The molecular weight excluding hydrogens is 235 g/mol. The highest BCUT2D eigenvalue weighted by molar-refractivity contribution is 5.73. The fourth-order valence-corrected chi connectivity index (χ4v) is 1.39. The number of carbonyl (C=O) groups is 1. The number of aryl methyl sites for hydroxylation is 1. The van der Waals surface area contributed by atoms with Crippen LogP contribution in [0.2, 0.25) is 0 Å². The van der Waals surface area contributed by atoms with Gasteiger partial charge < -0.3 is 10.8 Å². The number of carboxylic acid groups (broad SMARTS) is 1. The summed E-state index contributed by atoms with van der Waals surface area (Å²) in [6, 6.07) is 2.02. The van der Waals surface area contributed by atoms with Crippen molar-refractivity contribution in [3.8, 4) is 0 Å². The third-order valence-corrected chi connectivity index (χ3v) is 2.43. The highest BCUT2D eigenvalue weighted by Gasteiger charge is 2.31. The van der Waals surface area contributed by atoms with Gasteiger partial charge in [0.05, 0.1) is 5.56 Å². The van der Waals surface area contributed by atoms with E-state index in [1.165, 1.54) is 6.07 Å². The lowest BCUT2D eigenvalue weighted by molar-refractivity contribution is -0.138. The molecule has 0 saturated heterocycles. The molecule has 6 heteroatoms. The van der Waals surface area contributed by atoms with Gasteiger partial charge in [-0.1, -0.05) is 6.07 Å². The van der Waals surface area contributed by atoms with Gasteiger partial charge in [0.1, 0.15) is 6.04 Å². The molecule has 0 aliphatic heterocycles. The summed E-state index contributed by atoms with van der Waals surface area (Å²) in [6.45, 7) is 1.62. The molecule has 0 saturated carbocycles. The molecule has 0 aromatic heterocycles. The molecule has 0 spiro atoms. The molecule has 0 unspecified atom stereocenters. The minimum absolute atomic E-state index is 0.120. The molecule has 0 radical (unpaired) electrons. The Hall–Kier alpha value is -1.56. The fraction of sp³-hybridized carbons (Fsp3) is 0.364. The lowest BCUT2D eigenvalue weighted by Crippen LogP contribution is -2.32. The van der Waals surface area contributed by atoms with Crippen LogP contribution in [0, 0.1) is 6.92 Å². The van der Waals surface area contributed by atoms with Gasteiger partial charge in [-0.25, -0.2) is 0 Å². The van der Waals surface area contributed by atoms with E-state index in [0.717, 1.165) is 12.1 Å². The van der Waals surface area contributed by atoms with E-state index in [1.807, 2.05) is 0 Å². The molecule has 1 aromatic rings. The Balaban J connectivity index is 3.03. The van der Waals surface area contributed by atoms with Crippen LogP contribution in [0.5, 0.6) is 0 Å². The van der Waals surface area contributed by atoms with E-state index in [2.05, 4.69) is 0 Å². The largest absolute Gasteiger partial charge is 0.480 e. The van der Waals surface area contributed by atoms with E-state index in [1.54, 1.807) is 6.92 Å². The van der Waals surface area contributed by atoms with Crippen LogP contribution in [-0.2, 0) is 17.4 Å². The minimum atomic E-state index is -4.43. The van der Waals surface area contributed by atoms with Crippen molar-refractivity contribution in [1.29, 1.82) is 0 Å². The van der Waals surface area contributed by atoms with Gasteiger partial charge in [0.2, 0.25) is 0 Å². The molecule has 0 bridgehead atoms. The maximum absolute atomic E-state index is 12.4. The standard InChI is InChI=1S/C11H12F3NO2/c1-6-2-3-8(11(12,13)14)4-7(6)5-9(15)10(16)17/h2-4,9H,5,15H2,1H3,(H,16,17)/t9-/m0/s1. The Labute approximate surface area is 96.0 Å². The molecule has 0 amide bonds. The quantitative estimate of drug-likeness (QED) is 0.858. The molecule has 1 atom stereocenters. The highest BCUT2D eigenvalue weighted by Crippen LogP contribution is 2.30. The molecule has 0 fully saturated rings. The maximum atomic E-state index is 12.4. The van der Waals surface area contributed by atoms with Crippen LogP contribution in [0.15, 0.2) is 18.2 Å². The second kappa shape index (κ2) is 4.75. The van der Waals surface area contributed by atoms with Gasteiger partial charge in [0.15, 0.2) is 0 Å². The summed E-state index contributed by atoms with van der Waals surface area (Å²) in [4.78, 5) is 10.5. The highest BCUT2D eigenvalue weighted by atomic mass is 19.4. The molecule has 3 nitrogen and oxygen atoms in total. The van der Waals surface area contributed by atoms with Gasteiger partial charge in [0, 0.05) is 0 Å². The van der Waals surface area contributed by atoms with Crippen LogP contribution < -0.4 is 5.73 Å². The first-order chi connectivity index (χ1) is 7.71. The zero-order valence-corrected chi connectivity index (χ0v) is 9.08. The lowest BCUT2D eigenvalue weighted by Gasteiger charge is -2.13. The third-order valence-electron chi connectivity index (χ3n) is 2.43. The van der Waals surface area contributed by atoms with Crippen molar-refractivity contribution in [3.05, 3.63) is 34.9 Å². The predicted octanol–water partition coefficient (Wildman–Crippen LogP) is 1.97. The van der Waals surface area contributed by atoms with Crippen LogP contribution in [-0.4, -0.2) is 17.1 Å². The summed E-state index contributed by atoms with van der Waals surface area (Å²) in [6.07, 6.45) is -4.55. The van der Waals surface area contributed by atoms with Gasteiger partial charge in [-0.2, -0.15) is 13.2 Å². The van der Waals surface area contributed by atoms with Crippen LogP contribution in [0.25, 0.3) is 0 Å². The van der Waals surface area contributed by atoms with Crippen LogP contribution in [0.3, 0.4) is 0 Å². The second-order valence-corrected chi connectivity index (χ2v) is 3.79. The molecule has 17 heavy (non-hydrogen) atoms. The summed E-state index contributed by atoms with van der Waals surface area (Å²) in [5.41, 5.74) is 5.39. The molecular formula is C11H12F3NO2. The summed E-state index contributed by atoms with van der Waals surface area (Å²) in [5, 5.41) is 8.62. The predicted molar refractivity (Wildman–Crippen MR) is 55.5 cm³/mol. The number of halogens is 3. The zero-order chi connectivity index (χ0) is 13.2. The Morgan fingerprint density at radius 1 is 1.47 bits per heavy atom. The van der Waals surface area contributed by atoms with Crippen molar-refractivity contribution in [3.63, 3.8) is 0 Å². The number of aliphatic carboxylic acids is 1. The van der Waals surface area contributed by atoms with Crippen molar-refractivity contribution < 1.29 is 23.1 Å². The number of carboxylic acids is 1. The van der Waals surface area contributed by atoms with E-state index in [9.17, 15) is 18.0 Å². The third kappa shape index (κ3) is 3.45. The summed E-state index contributed by atoms with van der Waals surface area (Å²) in [5.74, 6) is -1.23. The Kier molecular flexibility index (Phi) is 3.77. The van der Waals surface area contributed by atoms with Crippen molar-refractivity contribution in [2.45, 2.75) is 25.6 Å². The number of benzene rings is 1. The molecule has 1 rings (SSSR count). The van der Waals surface area contributed by atoms with Crippen LogP contribution >= 0.6 is 0 Å². The topological polar surface area (TPSA) is 63.3 Å². The van der Waals surface area contributed by atoms with Crippen molar-refractivity contribution >= 4 is 5.97 Å². The number of rotatable bonds is 3. The molecule has 0 heterocycles. The van der Waals surface area contributed by atoms with Gasteiger partial charge in [-0.05, 0) is 36.6 Å². The number of hydrogen-bond donors (Lipinski definition) is 2. The normalized spacial score (nSPS) is 13.5. The van der Waals surface area contributed by atoms with Crippen LogP contribution in [0.1, 0.15) is 16.7 Å². The first-order valence-corrected chi connectivity index (χ1v) is 4.87. The van der Waals surface area contributed by atoms with Crippen molar-refractivity contribution in [1.82, 2.24) is 0 Å².